The number of likely N-dealkylation sites (tertiary alicyclic amines) is 1. The van der Waals surface area contributed by atoms with Gasteiger partial charge in [0.25, 0.3) is 0 Å². The molecule has 192 valence electrons. The zero-order valence-electron chi connectivity index (χ0n) is 20.8. The van der Waals surface area contributed by atoms with Crippen LogP contribution in [-0.2, 0) is 14.3 Å². The first-order chi connectivity index (χ1) is 18.5. The summed E-state index contributed by atoms with van der Waals surface area (Å²) < 4.78 is 5.41. The number of carbonyl (C=O) groups is 3. The summed E-state index contributed by atoms with van der Waals surface area (Å²) >= 11 is 0. The highest BCUT2D eigenvalue weighted by Gasteiger charge is 2.54. The van der Waals surface area contributed by atoms with Crippen LogP contribution >= 0.6 is 0 Å². The van der Waals surface area contributed by atoms with Gasteiger partial charge in [-0.3, -0.25) is 9.69 Å². The number of benzene rings is 3. The fourth-order valence-electron chi connectivity index (χ4n) is 5.53. The van der Waals surface area contributed by atoms with Crippen molar-refractivity contribution in [2.75, 3.05) is 13.2 Å². The lowest BCUT2D eigenvalue weighted by atomic mass is 9.88. The van der Waals surface area contributed by atoms with Gasteiger partial charge in [-0.25, -0.2) is 9.59 Å². The Kier molecular flexibility index (Phi) is 7.41. The van der Waals surface area contributed by atoms with E-state index in [1.807, 2.05) is 91.0 Å². The maximum Gasteiger partial charge on any atom is 0.411 e. The molecule has 3 aromatic rings. The van der Waals surface area contributed by atoms with Gasteiger partial charge in [0.15, 0.2) is 6.61 Å². The number of hydrogen-bond acceptors (Lipinski definition) is 4. The fourth-order valence-corrected chi connectivity index (χ4v) is 5.53. The van der Waals surface area contributed by atoms with Gasteiger partial charge < -0.3 is 14.7 Å². The Morgan fingerprint density at radius 1 is 0.868 bits per heavy atom. The Labute approximate surface area is 221 Å². The molecule has 2 saturated heterocycles. The monoisotopic (exact) mass is 508 g/mol. The van der Waals surface area contributed by atoms with Crippen LogP contribution in [0.15, 0.2) is 91.0 Å². The number of carboxylic acid groups (broad SMARTS) is 1. The molecule has 38 heavy (non-hydrogen) atoms. The third kappa shape index (κ3) is 5.12. The van der Waals surface area contributed by atoms with Crippen molar-refractivity contribution in [3.63, 3.8) is 0 Å². The van der Waals surface area contributed by atoms with Crippen LogP contribution in [0.25, 0.3) is 0 Å². The molecule has 0 radical (unpaired) electrons. The molecule has 3 atom stereocenters. The number of hydrogen-bond donors (Lipinski definition) is 1. The first kappa shape index (κ1) is 25.1. The highest BCUT2D eigenvalue weighted by atomic mass is 16.6. The van der Waals surface area contributed by atoms with Crippen LogP contribution in [0.2, 0.25) is 0 Å². The third-order valence-corrected chi connectivity index (χ3v) is 7.19. The van der Waals surface area contributed by atoms with Crippen LogP contribution in [0.1, 0.15) is 35.4 Å². The van der Waals surface area contributed by atoms with Gasteiger partial charge in [-0.05, 0) is 36.1 Å². The number of carboxylic acids is 1. The van der Waals surface area contributed by atoms with Crippen molar-refractivity contribution in [2.24, 2.45) is 0 Å². The van der Waals surface area contributed by atoms with E-state index < -0.39 is 30.1 Å². The summed E-state index contributed by atoms with van der Waals surface area (Å²) in [5.41, 5.74) is 2.39. The van der Waals surface area contributed by atoms with Gasteiger partial charge in [0.2, 0.25) is 5.91 Å². The van der Waals surface area contributed by atoms with E-state index >= 15 is 0 Å². The summed E-state index contributed by atoms with van der Waals surface area (Å²) in [4.78, 5) is 42.6. The van der Waals surface area contributed by atoms with E-state index in [9.17, 15) is 19.5 Å². The lowest BCUT2D eigenvalue weighted by molar-refractivity contribution is -0.156. The van der Waals surface area contributed by atoms with Gasteiger partial charge in [0.05, 0.1) is 18.0 Å². The number of fused-ring (bicyclic) bond motifs is 2. The second-order valence-electron chi connectivity index (χ2n) is 9.46. The minimum atomic E-state index is -1.17. The van der Waals surface area contributed by atoms with Crippen LogP contribution < -0.4 is 0 Å². The summed E-state index contributed by atoms with van der Waals surface area (Å²) in [7, 11) is 0. The highest BCUT2D eigenvalue weighted by molar-refractivity contribution is 5.92. The lowest BCUT2D eigenvalue weighted by Gasteiger charge is -2.45. The molecule has 1 N–H and O–H groups in total. The van der Waals surface area contributed by atoms with Gasteiger partial charge in [0.1, 0.15) is 6.04 Å². The zero-order chi connectivity index (χ0) is 26.5. The quantitative estimate of drug-likeness (QED) is 0.524. The van der Waals surface area contributed by atoms with Gasteiger partial charge in [-0.15, -0.1) is 0 Å². The van der Waals surface area contributed by atoms with E-state index in [-0.39, 0.29) is 25.1 Å². The molecular formula is C31H28N2O5. The van der Waals surface area contributed by atoms with Crippen LogP contribution in [0, 0.1) is 11.8 Å². The molecule has 0 aromatic heterocycles. The normalized spacial score (nSPS) is 20.0. The number of aliphatic carboxylic acids is 1. The highest BCUT2D eigenvalue weighted by Crippen LogP contribution is 2.38. The smallest absolute Gasteiger partial charge is 0.411 e. The summed E-state index contributed by atoms with van der Waals surface area (Å²) in [5.74, 6) is 3.71. The molecule has 3 aromatic carbocycles. The van der Waals surface area contributed by atoms with Gasteiger partial charge >= 0.3 is 12.1 Å². The molecule has 0 unspecified atom stereocenters. The molecule has 0 aliphatic carbocycles. The minimum absolute atomic E-state index is 0.103. The van der Waals surface area contributed by atoms with Crippen molar-refractivity contribution in [3.05, 3.63) is 108 Å². The molecule has 5 rings (SSSR count). The Morgan fingerprint density at radius 2 is 1.45 bits per heavy atom. The number of piperazine rings is 1. The molecule has 0 saturated carbocycles. The Morgan fingerprint density at radius 3 is 2.03 bits per heavy atom. The topological polar surface area (TPSA) is 87.2 Å². The molecule has 2 aliphatic rings. The number of carbonyl (C=O) groups excluding carboxylic acids is 2. The predicted octanol–water partition coefficient (Wildman–Crippen LogP) is 4.14. The average Bonchev–Trinajstić information content (AvgIpc) is 3.25. The Bertz CT molecular complexity index is 1310. The average molecular weight is 509 g/mol. The van der Waals surface area contributed by atoms with Crippen LogP contribution in [-0.4, -0.2) is 64.2 Å². The van der Waals surface area contributed by atoms with Gasteiger partial charge in [0, 0.05) is 12.1 Å². The molecule has 2 fully saturated rings. The van der Waals surface area contributed by atoms with Crippen molar-refractivity contribution >= 4 is 18.0 Å². The van der Waals surface area contributed by atoms with Gasteiger partial charge in [-0.1, -0.05) is 90.7 Å². The van der Waals surface area contributed by atoms with E-state index in [2.05, 4.69) is 11.8 Å². The van der Waals surface area contributed by atoms with E-state index in [0.29, 0.717) is 12.8 Å². The molecule has 7 heteroatoms. The minimum Gasteiger partial charge on any atom is -0.480 e. The van der Waals surface area contributed by atoms with Crippen LogP contribution in [0.3, 0.4) is 0 Å². The van der Waals surface area contributed by atoms with Crippen molar-refractivity contribution in [2.45, 2.75) is 36.9 Å². The van der Waals surface area contributed by atoms with Gasteiger partial charge in [-0.2, -0.15) is 0 Å². The standard InChI is InChI=1S/C31H28N2O5/c34-29(27(23-14-6-2-7-15-23)24-16-8-3-9-17-24)32-21-25-18-19-26(28(32)30(35)36)33(25)31(37)38-20-10-13-22-11-4-1-5-12-22/h1-9,11-12,14-17,25-28H,18-21H2,(H,35,36)/t25-,26+,28-/m0/s1. The molecular weight excluding hydrogens is 480 g/mol. The molecule has 7 nitrogen and oxygen atoms in total. The maximum absolute atomic E-state index is 14.1. The van der Waals surface area contributed by atoms with E-state index in [0.717, 1.165) is 16.7 Å². The summed E-state index contributed by atoms with van der Waals surface area (Å²) in [6.45, 7) is 0.0292. The van der Waals surface area contributed by atoms with Crippen LogP contribution in [0.4, 0.5) is 4.79 Å². The van der Waals surface area contributed by atoms with E-state index in [1.165, 1.54) is 9.80 Å². The second kappa shape index (κ2) is 11.2. The molecule has 2 aliphatic heterocycles. The fraction of sp³-hybridized carbons (Fsp3) is 0.258. The Hall–Kier alpha value is -4.57. The summed E-state index contributed by atoms with van der Waals surface area (Å²) in [5, 5.41) is 10.2. The predicted molar refractivity (Wildman–Crippen MR) is 141 cm³/mol. The zero-order valence-corrected chi connectivity index (χ0v) is 20.8. The van der Waals surface area contributed by atoms with Crippen molar-refractivity contribution < 1.29 is 24.2 Å². The number of amides is 2. The number of nitrogens with zero attached hydrogens (tertiary/aromatic N) is 2. The first-order valence-corrected chi connectivity index (χ1v) is 12.7. The second-order valence-corrected chi connectivity index (χ2v) is 9.46. The molecule has 0 spiro atoms. The largest absolute Gasteiger partial charge is 0.480 e. The third-order valence-electron chi connectivity index (χ3n) is 7.19. The first-order valence-electron chi connectivity index (χ1n) is 12.7. The molecule has 2 amide bonds. The summed E-state index contributed by atoms with van der Waals surface area (Å²) in [6, 6.07) is 26.0. The molecule has 2 bridgehead atoms. The SMILES string of the molecule is O=C(O)[C@@H]1[C@H]2CC[C@@H](CN1C(=O)C(c1ccccc1)c1ccccc1)N2C(=O)OCC#Cc1ccccc1. The number of rotatable bonds is 5. The maximum atomic E-state index is 14.1. The summed E-state index contributed by atoms with van der Waals surface area (Å²) in [6.07, 6.45) is 0.489. The van der Waals surface area contributed by atoms with Crippen LogP contribution in [0.5, 0.6) is 0 Å². The van der Waals surface area contributed by atoms with E-state index in [4.69, 9.17) is 4.74 Å². The molecule has 2 heterocycles. The van der Waals surface area contributed by atoms with Crippen molar-refractivity contribution in [1.82, 2.24) is 9.80 Å². The number of ether oxygens (including phenoxy) is 1. The lowest BCUT2D eigenvalue weighted by Crippen LogP contribution is -2.65. The van der Waals surface area contributed by atoms with Crippen molar-refractivity contribution in [1.29, 1.82) is 0 Å². The Balaban J connectivity index is 1.36. The van der Waals surface area contributed by atoms with E-state index in [1.54, 1.807) is 0 Å². The van der Waals surface area contributed by atoms with Crippen molar-refractivity contribution in [3.8, 4) is 11.8 Å².